The number of hydrogen-bond acceptors (Lipinski definition) is 6. The number of aryl methyl sites for hydroxylation is 1. The third-order valence-corrected chi connectivity index (χ3v) is 7.99. The first-order chi connectivity index (χ1) is 16.2. The highest BCUT2D eigenvalue weighted by Crippen LogP contribution is 2.44. The van der Waals surface area contributed by atoms with E-state index in [1.165, 1.54) is 6.26 Å². The molecule has 2 aliphatic rings. The summed E-state index contributed by atoms with van der Waals surface area (Å²) in [5.41, 5.74) is 10.2. The third kappa shape index (κ3) is 3.81. The highest BCUT2D eigenvalue weighted by atomic mass is 32.2. The molecule has 3 N–H and O–H groups in total. The zero-order chi connectivity index (χ0) is 24.1. The predicted molar refractivity (Wildman–Crippen MR) is 130 cm³/mol. The number of carbonyl (C=O) groups is 1. The van der Waals surface area contributed by atoms with Crippen LogP contribution in [-0.4, -0.2) is 60.0 Å². The molecule has 1 spiro atoms. The highest BCUT2D eigenvalue weighted by Gasteiger charge is 2.46. The van der Waals surface area contributed by atoms with Crippen LogP contribution in [0.3, 0.4) is 0 Å². The molecule has 10 heteroatoms. The van der Waals surface area contributed by atoms with Crippen molar-refractivity contribution in [3.8, 4) is 22.4 Å². The van der Waals surface area contributed by atoms with E-state index in [2.05, 4.69) is 16.4 Å². The fourth-order valence-electron chi connectivity index (χ4n) is 5.07. The molecule has 0 aliphatic carbocycles. The summed E-state index contributed by atoms with van der Waals surface area (Å²) < 4.78 is 26.1. The Morgan fingerprint density at radius 2 is 1.97 bits per heavy atom. The van der Waals surface area contributed by atoms with Gasteiger partial charge in [-0.05, 0) is 49.6 Å². The fourth-order valence-corrected chi connectivity index (χ4v) is 5.73. The van der Waals surface area contributed by atoms with Crippen LogP contribution in [0.5, 0.6) is 0 Å². The van der Waals surface area contributed by atoms with Crippen molar-refractivity contribution in [1.82, 2.24) is 25.0 Å². The first-order valence-electron chi connectivity index (χ1n) is 11.4. The molecule has 5 rings (SSSR count). The summed E-state index contributed by atoms with van der Waals surface area (Å²) in [6.07, 6.45) is 4.76. The first kappa shape index (κ1) is 22.4. The van der Waals surface area contributed by atoms with Crippen molar-refractivity contribution in [1.29, 1.82) is 0 Å². The van der Waals surface area contributed by atoms with Crippen LogP contribution in [0.1, 0.15) is 25.5 Å². The molecule has 1 atom stereocenters. The molecule has 0 bridgehead atoms. The van der Waals surface area contributed by atoms with E-state index in [0.717, 1.165) is 42.9 Å². The number of benzene rings is 1. The van der Waals surface area contributed by atoms with Gasteiger partial charge in [-0.25, -0.2) is 18.2 Å². The lowest BCUT2D eigenvalue weighted by Crippen LogP contribution is -2.40. The van der Waals surface area contributed by atoms with Gasteiger partial charge in [0.25, 0.3) is 0 Å². The summed E-state index contributed by atoms with van der Waals surface area (Å²) >= 11 is 0. The van der Waals surface area contributed by atoms with E-state index in [4.69, 9.17) is 10.8 Å². The van der Waals surface area contributed by atoms with E-state index in [-0.39, 0.29) is 16.3 Å². The molecule has 2 amide bonds. The number of likely N-dealkylation sites (tertiary alicyclic amines) is 1. The van der Waals surface area contributed by atoms with Crippen molar-refractivity contribution in [2.24, 2.45) is 0 Å². The van der Waals surface area contributed by atoms with E-state index in [1.807, 2.05) is 28.6 Å². The summed E-state index contributed by atoms with van der Waals surface area (Å²) in [5.74, 6) is 0.325. The Hall–Kier alpha value is -3.40. The number of nitrogens with two attached hydrogens (primary N) is 1. The van der Waals surface area contributed by atoms with E-state index < -0.39 is 9.84 Å². The Balaban J connectivity index is 1.48. The van der Waals surface area contributed by atoms with Gasteiger partial charge in [0, 0.05) is 60.9 Å². The van der Waals surface area contributed by atoms with Gasteiger partial charge in [0.1, 0.15) is 5.82 Å². The number of rotatable bonds is 4. The van der Waals surface area contributed by atoms with Crippen LogP contribution >= 0.6 is 0 Å². The second kappa shape index (κ2) is 8.12. The van der Waals surface area contributed by atoms with Crippen LogP contribution in [-0.2, 0) is 21.8 Å². The Kier molecular flexibility index (Phi) is 5.35. The first-order valence-corrected chi connectivity index (χ1v) is 13.3. The molecule has 9 nitrogen and oxygen atoms in total. The quantitative estimate of drug-likeness (QED) is 0.592. The van der Waals surface area contributed by atoms with Crippen molar-refractivity contribution in [3.05, 3.63) is 48.3 Å². The minimum Gasteiger partial charge on any atom is -0.383 e. The molecule has 1 aromatic carbocycles. The average molecular weight is 481 g/mol. The lowest BCUT2D eigenvalue weighted by atomic mass is 9.82. The van der Waals surface area contributed by atoms with Gasteiger partial charge in [0.15, 0.2) is 9.84 Å². The summed E-state index contributed by atoms with van der Waals surface area (Å²) in [4.78, 5) is 18.8. The van der Waals surface area contributed by atoms with E-state index in [0.29, 0.717) is 30.0 Å². The normalized spacial score (nSPS) is 19.5. The summed E-state index contributed by atoms with van der Waals surface area (Å²) in [6, 6.07) is 10.7. The Morgan fingerprint density at radius 1 is 1.18 bits per heavy atom. The van der Waals surface area contributed by atoms with Gasteiger partial charge in [0.2, 0.25) is 0 Å². The standard InChI is InChI=1S/C24H28N6O3S/c1-3-26-23(31)29-9-7-24(15-29)8-10-30-21(24)13-20(28-30)17-12-19(22(25)27-14-17)16-5-4-6-18(11-16)34(2,32)33/h4-6,11-14H,3,7-10,15H2,1-2H3,(H2,25,27)(H,26,31)/t24-/m1/s1. The van der Waals surface area contributed by atoms with Crippen LogP contribution in [0.4, 0.5) is 10.6 Å². The van der Waals surface area contributed by atoms with Gasteiger partial charge in [0.05, 0.1) is 10.6 Å². The lowest BCUT2D eigenvalue weighted by Gasteiger charge is -2.23. The zero-order valence-electron chi connectivity index (χ0n) is 19.3. The summed E-state index contributed by atoms with van der Waals surface area (Å²) in [5, 5.41) is 7.72. The molecule has 178 valence electrons. The third-order valence-electron chi connectivity index (χ3n) is 6.88. The van der Waals surface area contributed by atoms with Crippen molar-refractivity contribution < 1.29 is 13.2 Å². The lowest BCUT2D eigenvalue weighted by molar-refractivity contribution is 0.206. The molecule has 1 saturated heterocycles. The number of carbonyl (C=O) groups excluding carboxylic acids is 1. The summed E-state index contributed by atoms with van der Waals surface area (Å²) in [7, 11) is -3.34. The predicted octanol–water partition coefficient (Wildman–Crippen LogP) is 2.67. The van der Waals surface area contributed by atoms with Crippen LogP contribution in [0.25, 0.3) is 22.4 Å². The van der Waals surface area contributed by atoms with Crippen LogP contribution in [0.2, 0.25) is 0 Å². The van der Waals surface area contributed by atoms with Crippen molar-refractivity contribution in [2.45, 2.75) is 36.6 Å². The van der Waals surface area contributed by atoms with Gasteiger partial charge < -0.3 is 16.0 Å². The molecule has 0 unspecified atom stereocenters. The largest absolute Gasteiger partial charge is 0.383 e. The number of aromatic nitrogens is 3. The Morgan fingerprint density at radius 3 is 2.74 bits per heavy atom. The number of nitrogens with zero attached hydrogens (tertiary/aromatic N) is 4. The number of fused-ring (bicyclic) bond motifs is 2. The molecule has 0 saturated carbocycles. The number of hydrogen-bond donors (Lipinski definition) is 2. The van der Waals surface area contributed by atoms with Crippen LogP contribution in [0, 0.1) is 0 Å². The number of amides is 2. The molecule has 4 heterocycles. The van der Waals surface area contributed by atoms with E-state index in [9.17, 15) is 13.2 Å². The molecular formula is C24H28N6O3S. The van der Waals surface area contributed by atoms with Crippen molar-refractivity contribution >= 4 is 21.7 Å². The minimum absolute atomic E-state index is 0.0127. The van der Waals surface area contributed by atoms with Crippen LogP contribution < -0.4 is 11.1 Å². The number of anilines is 1. The molecule has 0 radical (unpaired) electrons. The van der Waals surface area contributed by atoms with Gasteiger partial charge in [-0.2, -0.15) is 5.10 Å². The van der Waals surface area contributed by atoms with E-state index in [1.54, 1.807) is 24.4 Å². The average Bonchev–Trinajstić information content (AvgIpc) is 3.51. The molecule has 1 fully saturated rings. The Bertz CT molecular complexity index is 1380. The second-order valence-corrected chi connectivity index (χ2v) is 11.1. The zero-order valence-corrected chi connectivity index (χ0v) is 20.1. The maximum Gasteiger partial charge on any atom is 0.317 e. The monoisotopic (exact) mass is 480 g/mol. The maximum atomic E-state index is 12.3. The molecular weight excluding hydrogens is 452 g/mol. The van der Waals surface area contributed by atoms with Gasteiger partial charge in [-0.1, -0.05) is 12.1 Å². The minimum atomic E-state index is -3.34. The topological polar surface area (TPSA) is 123 Å². The van der Waals surface area contributed by atoms with Gasteiger partial charge >= 0.3 is 6.03 Å². The highest BCUT2D eigenvalue weighted by molar-refractivity contribution is 7.90. The second-order valence-electron chi connectivity index (χ2n) is 9.13. The number of pyridine rings is 1. The smallest absolute Gasteiger partial charge is 0.317 e. The molecule has 2 aliphatic heterocycles. The van der Waals surface area contributed by atoms with Gasteiger partial charge in [-0.15, -0.1) is 0 Å². The van der Waals surface area contributed by atoms with E-state index >= 15 is 0 Å². The van der Waals surface area contributed by atoms with Gasteiger partial charge in [-0.3, -0.25) is 4.68 Å². The Labute approximate surface area is 198 Å². The van der Waals surface area contributed by atoms with Crippen LogP contribution in [0.15, 0.2) is 47.5 Å². The number of nitrogen functional groups attached to an aromatic ring is 1. The fraction of sp³-hybridized carbons (Fsp3) is 0.375. The molecule has 34 heavy (non-hydrogen) atoms. The number of sulfone groups is 1. The number of urea groups is 1. The summed E-state index contributed by atoms with van der Waals surface area (Å²) in [6.45, 7) is 4.77. The SMILES string of the molecule is CCNC(=O)N1CC[C@@]2(CCn3nc(-c4cnc(N)c(-c5cccc(S(C)(=O)=O)c5)c4)cc32)C1. The van der Waals surface area contributed by atoms with Crippen molar-refractivity contribution in [3.63, 3.8) is 0 Å². The molecule has 3 aromatic rings. The molecule has 2 aromatic heterocycles. The van der Waals surface area contributed by atoms with Crippen molar-refractivity contribution in [2.75, 3.05) is 31.6 Å². The number of nitrogens with one attached hydrogen (secondary N) is 1. The maximum absolute atomic E-state index is 12.3.